The lowest BCUT2D eigenvalue weighted by Crippen LogP contribution is -2.21. The van der Waals surface area contributed by atoms with Gasteiger partial charge in [-0.15, -0.1) is 0 Å². The molecule has 0 aliphatic carbocycles. The van der Waals surface area contributed by atoms with Crippen molar-refractivity contribution in [1.82, 2.24) is 0 Å². The van der Waals surface area contributed by atoms with Gasteiger partial charge in [-0.05, 0) is 34.1 Å². The molecule has 0 amide bonds. The molecule has 0 aromatic heterocycles. The van der Waals surface area contributed by atoms with Crippen LogP contribution in [0.1, 0.15) is 18.1 Å². The van der Waals surface area contributed by atoms with Crippen LogP contribution in [-0.4, -0.2) is 0 Å². The van der Waals surface area contributed by atoms with Crippen LogP contribution in [0.15, 0.2) is 48.5 Å². The van der Waals surface area contributed by atoms with E-state index in [1.54, 1.807) is 0 Å². The van der Waals surface area contributed by atoms with E-state index >= 15 is 0 Å². The van der Waals surface area contributed by atoms with Crippen LogP contribution in [0.2, 0.25) is 0 Å². The highest BCUT2D eigenvalue weighted by molar-refractivity contribution is 5.54. The van der Waals surface area contributed by atoms with Crippen molar-refractivity contribution in [2.24, 2.45) is 0 Å². The minimum Gasteiger partial charge on any atom is -0.0912 e. The van der Waals surface area contributed by atoms with E-state index in [0.29, 0.717) is 0 Å². The summed E-state index contributed by atoms with van der Waals surface area (Å²) in [4.78, 5) is 0. The first-order valence-electron chi connectivity index (χ1n) is 5.65. The second-order valence-corrected chi connectivity index (χ2v) is 3.90. The van der Waals surface area contributed by atoms with E-state index in [1.807, 2.05) is 12.1 Å². The Labute approximate surface area is 96.6 Å². The number of hydrogen-bond acceptors (Lipinski definition) is 0. The van der Waals surface area contributed by atoms with Crippen molar-refractivity contribution in [3.63, 3.8) is 0 Å². The molecule has 2 aromatic rings. The van der Waals surface area contributed by atoms with Gasteiger partial charge in [0.15, 0.2) is 0 Å². The van der Waals surface area contributed by atoms with Crippen molar-refractivity contribution >= 4 is 12.7 Å². The largest absolute Gasteiger partial charge is 0.0912 e. The summed E-state index contributed by atoms with van der Waals surface area (Å²) in [6.07, 6.45) is 3.27. The molecule has 0 saturated carbocycles. The minimum absolute atomic E-state index is 1.06. The molecule has 0 unspecified atom stereocenters. The van der Waals surface area contributed by atoms with E-state index in [4.69, 9.17) is 0 Å². The first-order valence-corrected chi connectivity index (χ1v) is 5.65. The van der Waals surface area contributed by atoms with E-state index in [9.17, 15) is 0 Å². The molecule has 0 fully saturated rings. The van der Waals surface area contributed by atoms with Crippen LogP contribution < -0.4 is 10.4 Å². The lowest BCUT2D eigenvalue weighted by atomic mass is 10.0. The van der Waals surface area contributed by atoms with Gasteiger partial charge in [-0.2, -0.15) is 0 Å². The number of benzene rings is 2. The Bertz CT molecular complexity index is 579. The van der Waals surface area contributed by atoms with E-state index in [0.717, 1.165) is 11.6 Å². The Morgan fingerprint density at radius 2 is 1.69 bits per heavy atom. The summed E-state index contributed by atoms with van der Waals surface area (Å²) in [5, 5.41) is 2.27. The lowest BCUT2D eigenvalue weighted by Gasteiger charge is -2.01. The molecule has 0 N–H and O–H groups in total. The van der Waals surface area contributed by atoms with Crippen molar-refractivity contribution in [3.05, 3.63) is 70.1 Å². The molecule has 0 aliphatic rings. The SMILES string of the molecule is C=c1cccc/c1=C/c1ccccc1CC. The van der Waals surface area contributed by atoms with Crippen LogP contribution in [0, 0.1) is 0 Å². The number of rotatable bonds is 2. The molecule has 0 heteroatoms. The van der Waals surface area contributed by atoms with Gasteiger partial charge in [-0.1, -0.05) is 62.0 Å². The van der Waals surface area contributed by atoms with Gasteiger partial charge < -0.3 is 0 Å². The molecular formula is C16H16. The fraction of sp³-hybridized carbons (Fsp3) is 0.125. The molecule has 0 spiro atoms. The molecular weight excluding hydrogens is 192 g/mol. The van der Waals surface area contributed by atoms with E-state index in [2.05, 4.69) is 56.0 Å². The van der Waals surface area contributed by atoms with Gasteiger partial charge in [0.05, 0.1) is 0 Å². The zero-order valence-corrected chi connectivity index (χ0v) is 9.61. The highest BCUT2D eigenvalue weighted by Gasteiger charge is 1.94. The lowest BCUT2D eigenvalue weighted by molar-refractivity contribution is 1.13. The van der Waals surface area contributed by atoms with Gasteiger partial charge in [0.25, 0.3) is 0 Å². The zero-order valence-electron chi connectivity index (χ0n) is 9.61. The normalized spacial score (nSPS) is 11.7. The maximum Gasteiger partial charge on any atom is -0.0184 e. The van der Waals surface area contributed by atoms with E-state index in [-0.39, 0.29) is 0 Å². The fourth-order valence-electron chi connectivity index (χ4n) is 1.84. The van der Waals surface area contributed by atoms with Crippen molar-refractivity contribution in [2.45, 2.75) is 13.3 Å². The van der Waals surface area contributed by atoms with Gasteiger partial charge in [0.2, 0.25) is 0 Å². The van der Waals surface area contributed by atoms with Crippen LogP contribution in [0.4, 0.5) is 0 Å². The van der Waals surface area contributed by atoms with Crippen molar-refractivity contribution < 1.29 is 0 Å². The molecule has 0 atom stereocenters. The quantitative estimate of drug-likeness (QED) is 0.711. The summed E-state index contributed by atoms with van der Waals surface area (Å²) in [5.74, 6) is 0. The van der Waals surface area contributed by atoms with Crippen molar-refractivity contribution in [3.8, 4) is 0 Å². The Hall–Kier alpha value is -1.82. The molecule has 0 heterocycles. The van der Waals surface area contributed by atoms with Crippen LogP contribution in [0.3, 0.4) is 0 Å². The Morgan fingerprint density at radius 1 is 1.00 bits per heavy atom. The fourth-order valence-corrected chi connectivity index (χ4v) is 1.84. The Morgan fingerprint density at radius 3 is 2.44 bits per heavy atom. The Kier molecular flexibility index (Phi) is 3.21. The van der Waals surface area contributed by atoms with Gasteiger partial charge in [-0.3, -0.25) is 0 Å². The van der Waals surface area contributed by atoms with Crippen LogP contribution in [0.5, 0.6) is 0 Å². The van der Waals surface area contributed by atoms with Crippen LogP contribution in [-0.2, 0) is 6.42 Å². The zero-order chi connectivity index (χ0) is 11.4. The van der Waals surface area contributed by atoms with Crippen molar-refractivity contribution in [1.29, 1.82) is 0 Å². The maximum absolute atomic E-state index is 4.04. The van der Waals surface area contributed by atoms with Crippen LogP contribution >= 0.6 is 0 Å². The van der Waals surface area contributed by atoms with Gasteiger partial charge in [0, 0.05) is 0 Å². The standard InChI is InChI=1S/C16H16/c1-3-14-9-6-7-11-16(14)12-15-10-5-4-8-13(15)2/h4-12H,2-3H2,1H3/b15-12-. The monoisotopic (exact) mass is 208 g/mol. The third kappa shape index (κ3) is 2.22. The molecule has 80 valence electrons. The first kappa shape index (κ1) is 10.7. The average Bonchev–Trinajstić information content (AvgIpc) is 2.33. The molecule has 0 bridgehead atoms. The number of hydrogen-bond donors (Lipinski definition) is 0. The smallest absolute Gasteiger partial charge is 0.0184 e. The summed E-state index contributed by atoms with van der Waals surface area (Å²) >= 11 is 0. The predicted molar refractivity (Wildman–Crippen MR) is 70.6 cm³/mol. The second-order valence-electron chi connectivity index (χ2n) is 3.90. The highest BCUT2D eigenvalue weighted by atomic mass is 14.0. The molecule has 0 aliphatic heterocycles. The molecule has 2 rings (SSSR count). The third-order valence-corrected chi connectivity index (χ3v) is 2.80. The molecule has 16 heavy (non-hydrogen) atoms. The maximum atomic E-state index is 4.04. The van der Waals surface area contributed by atoms with E-state index in [1.165, 1.54) is 16.3 Å². The Balaban J connectivity index is 2.60. The summed E-state index contributed by atoms with van der Waals surface area (Å²) in [7, 11) is 0. The minimum atomic E-state index is 1.06. The number of aryl methyl sites for hydroxylation is 1. The highest BCUT2D eigenvalue weighted by Crippen LogP contribution is 2.09. The average molecular weight is 208 g/mol. The molecule has 0 nitrogen and oxygen atoms in total. The van der Waals surface area contributed by atoms with Gasteiger partial charge in [-0.25, -0.2) is 0 Å². The molecule has 0 radical (unpaired) electrons. The van der Waals surface area contributed by atoms with Gasteiger partial charge in [0.1, 0.15) is 0 Å². The first-order chi connectivity index (χ1) is 7.81. The molecule has 0 saturated heterocycles. The second kappa shape index (κ2) is 4.80. The van der Waals surface area contributed by atoms with E-state index < -0.39 is 0 Å². The molecule has 2 aromatic carbocycles. The summed E-state index contributed by atoms with van der Waals surface area (Å²) in [6, 6.07) is 16.7. The predicted octanol–water partition coefficient (Wildman–Crippen LogP) is 2.49. The van der Waals surface area contributed by atoms with Crippen molar-refractivity contribution in [2.75, 3.05) is 0 Å². The van der Waals surface area contributed by atoms with Gasteiger partial charge >= 0.3 is 0 Å². The third-order valence-electron chi connectivity index (χ3n) is 2.80. The summed E-state index contributed by atoms with van der Waals surface area (Å²) in [5.41, 5.74) is 2.67. The van der Waals surface area contributed by atoms with Crippen LogP contribution in [0.25, 0.3) is 12.7 Å². The topological polar surface area (TPSA) is 0 Å². The summed E-state index contributed by atoms with van der Waals surface area (Å²) in [6.45, 7) is 6.22. The summed E-state index contributed by atoms with van der Waals surface area (Å²) < 4.78 is 0.